The van der Waals surface area contributed by atoms with Gasteiger partial charge >= 0.3 is 0 Å². The van der Waals surface area contributed by atoms with Gasteiger partial charge in [-0.2, -0.15) is 0 Å². The summed E-state index contributed by atoms with van der Waals surface area (Å²) < 4.78 is 0. The van der Waals surface area contributed by atoms with Crippen molar-refractivity contribution in [1.29, 1.82) is 0 Å². The fraction of sp³-hybridized carbons (Fsp3) is 1.00. The SMILES string of the molecule is CCN(CC)CC(C)(CN(CC)CC)[N+](=O)[O-]. The molecule has 0 heterocycles. The number of likely N-dealkylation sites (N-methyl/N-ethyl adjacent to an activating group) is 2. The van der Waals surface area contributed by atoms with Gasteiger partial charge in [0.05, 0.1) is 13.1 Å². The summed E-state index contributed by atoms with van der Waals surface area (Å²) in [5.41, 5.74) is -0.877. The monoisotopic (exact) mass is 245 g/mol. The highest BCUT2D eigenvalue weighted by Crippen LogP contribution is 2.14. The Morgan fingerprint density at radius 1 is 0.941 bits per heavy atom. The van der Waals surface area contributed by atoms with Crippen LogP contribution in [0.3, 0.4) is 0 Å². The molecule has 0 amide bonds. The van der Waals surface area contributed by atoms with E-state index in [0.29, 0.717) is 13.1 Å². The van der Waals surface area contributed by atoms with Crippen LogP contribution in [0.2, 0.25) is 0 Å². The van der Waals surface area contributed by atoms with Crippen LogP contribution in [0, 0.1) is 10.1 Å². The van der Waals surface area contributed by atoms with Gasteiger partial charge < -0.3 is 0 Å². The van der Waals surface area contributed by atoms with Crippen LogP contribution in [0.15, 0.2) is 0 Å². The van der Waals surface area contributed by atoms with Crippen LogP contribution in [0.5, 0.6) is 0 Å². The molecule has 0 atom stereocenters. The molecule has 102 valence electrons. The number of hydrogen-bond acceptors (Lipinski definition) is 4. The van der Waals surface area contributed by atoms with Crippen LogP contribution in [0.1, 0.15) is 34.6 Å². The molecule has 0 N–H and O–H groups in total. The molecule has 0 radical (unpaired) electrons. The summed E-state index contributed by atoms with van der Waals surface area (Å²) >= 11 is 0. The van der Waals surface area contributed by atoms with Gasteiger partial charge in [0, 0.05) is 11.8 Å². The van der Waals surface area contributed by atoms with Crippen molar-refractivity contribution in [2.45, 2.75) is 40.2 Å². The van der Waals surface area contributed by atoms with Gasteiger partial charge in [-0.05, 0) is 26.2 Å². The lowest BCUT2D eigenvalue weighted by Gasteiger charge is -2.31. The van der Waals surface area contributed by atoms with Crippen molar-refractivity contribution in [2.75, 3.05) is 39.3 Å². The average Bonchev–Trinajstić information content (AvgIpc) is 2.32. The summed E-state index contributed by atoms with van der Waals surface area (Å²) in [5.74, 6) is 0. The van der Waals surface area contributed by atoms with Crippen LogP contribution in [-0.2, 0) is 0 Å². The summed E-state index contributed by atoms with van der Waals surface area (Å²) in [5, 5.41) is 11.3. The molecule has 0 saturated heterocycles. The maximum absolute atomic E-state index is 11.3. The smallest absolute Gasteiger partial charge is 0.244 e. The molecular formula is C12H27N3O2. The zero-order chi connectivity index (χ0) is 13.5. The second-order valence-electron chi connectivity index (χ2n) is 4.68. The van der Waals surface area contributed by atoms with Crippen LogP contribution >= 0.6 is 0 Å². The van der Waals surface area contributed by atoms with Gasteiger partial charge in [0.1, 0.15) is 0 Å². The van der Waals surface area contributed by atoms with Crippen LogP contribution in [-0.4, -0.2) is 59.5 Å². The second kappa shape index (κ2) is 7.61. The van der Waals surface area contributed by atoms with E-state index in [4.69, 9.17) is 0 Å². The molecule has 0 unspecified atom stereocenters. The Labute approximate surface area is 105 Å². The lowest BCUT2D eigenvalue weighted by molar-refractivity contribution is -0.566. The number of nitrogens with zero attached hydrogens (tertiary/aromatic N) is 3. The lowest BCUT2D eigenvalue weighted by atomic mass is 10.0. The molecule has 0 aliphatic heterocycles. The quantitative estimate of drug-likeness (QED) is 0.458. The van der Waals surface area contributed by atoms with Gasteiger partial charge in [0.15, 0.2) is 0 Å². The Morgan fingerprint density at radius 3 is 1.41 bits per heavy atom. The minimum atomic E-state index is -0.877. The van der Waals surface area contributed by atoms with E-state index in [2.05, 4.69) is 9.80 Å². The van der Waals surface area contributed by atoms with Crippen molar-refractivity contribution >= 4 is 0 Å². The van der Waals surface area contributed by atoms with Crippen molar-refractivity contribution in [2.24, 2.45) is 0 Å². The topological polar surface area (TPSA) is 49.6 Å². The summed E-state index contributed by atoms with van der Waals surface area (Å²) in [6, 6.07) is 0. The standard InChI is InChI=1S/C12H27N3O2/c1-6-13(7-2)10-12(5,15(16)17)11-14(8-3)9-4/h6-11H2,1-5H3. The number of rotatable bonds is 9. The molecule has 0 aliphatic carbocycles. The molecule has 0 spiro atoms. The largest absolute Gasteiger partial charge is 0.297 e. The molecule has 5 heteroatoms. The Morgan fingerprint density at radius 2 is 1.24 bits per heavy atom. The van der Waals surface area contributed by atoms with E-state index in [9.17, 15) is 10.1 Å². The zero-order valence-electron chi connectivity index (χ0n) is 11.9. The third-order valence-electron chi connectivity index (χ3n) is 3.36. The summed E-state index contributed by atoms with van der Waals surface area (Å²) in [6.45, 7) is 14.4. The van der Waals surface area contributed by atoms with Gasteiger partial charge in [0.2, 0.25) is 5.54 Å². The first-order valence-electron chi connectivity index (χ1n) is 6.52. The Kier molecular flexibility index (Phi) is 7.30. The molecule has 0 saturated carbocycles. The predicted molar refractivity (Wildman–Crippen MR) is 71.0 cm³/mol. The maximum atomic E-state index is 11.3. The number of nitro groups is 1. The average molecular weight is 245 g/mol. The van der Waals surface area contributed by atoms with Gasteiger partial charge in [0.25, 0.3) is 0 Å². The van der Waals surface area contributed by atoms with Crippen molar-refractivity contribution in [3.63, 3.8) is 0 Å². The van der Waals surface area contributed by atoms with Gasteiger partial charge in [-0.25, -0.2) is 0 Å². The molecule has 0 aromatic heterocycles. The molecule has 0 bridgehead atoms. The first kappa shape index (κ1) is 16.3. The van der Waals surface area contributed by atoms with Crippen molar-refractivity contribution in [3.8, 4) is 0 Å². The van der Waals surface area contributed by atoms with Crippen molar-refractivity contribution in [3.05, 3.63) is 10.1 Å². The van der Waals surface area contributed by atoms with E-state index in [1.165, 1.54) is 0 Å². The number of hydrogen-bond donors (Lipinski definition) is 0. The molecule has 0 fully saturated rings. The highest BCUT2D eigenvalue weighted by Gasteiger charge is 2.39. The molecule has 5 nitrogen and oxygen atoms in total. The van der Waals surface area contributed by atoms with Gasteiger partial charge in [-0.3, -0.25) is 19.9 Å². The minimum absolute atomic E-state index is 0.121. The summed E-state index contributed by atoms with van der Waals surface area (Å²) in [4.78, 5) is 15.4. The highest BCUT2D eigenvalue weighted by molar-refractivity contribution is 4.81. The fourth-order valence-electron chi connectivity index (χ4n) is 2.02. The molecule has 0 aliphatic rings. The van der Waals surface area contributed by atoms with E-state index >= 15 is 0 Å². The highest BCUT2D eigenvalue weighted by atomic mass is 16.6. The van der Waals surface area contributed by atoms with E-state index < -0.39 is 5.54 Å². The third-order valence-corrected chi connectivity index (χ3v) is 3.36. The molecule has 0 aromatic carbocycles. The second-order valence-corrected chi connectivity index (χ2v) is 4.68. The van der Waals surface area contributed by atoms with Crippen molar-refractivity contribution < 1.29 is 4.92 Å². The summed E-state index contributed by atoms with van der Waals surface area (Å²) in [6.07, 6.45) is 0. The Hall–Kier alpha value is -0.680. The molecule has 0 rings (SSSR count). The van der Waals surface area contributed by atoms with Crippen LogP contribution in [0.25, 0.3) is 0 Å². The minimum Gasteiger partial charge on any atom is -0.297 e. The van der Waals surface area contributed by atoms with E-state index in [0.717, 1.165) is 26.2 Å². The fourth-order valence-corrected chi connectivity index (χ4v) is 2.02. The normalized spacial score (nSPS) is 12.4. The lowest BCUT2D eigenvalue weighted by Crippen LogP contribution is -2.53. The van der Waals surface area contributed by atoms with Gasteiger partial charge in [-0.15, -0.1) is 0 Å². The van der Waals surface area contributed by atoms with Crippen LogP contribution in [0.4, 0.5) is 0 Å². The van der Waals surface area contributed by atoms with Crippen LogP contribution < -0.4 is 0 Å². The van der Waals surface area contributed by atoms with Gasteiger partial charge in [-0.1, -0.05) is 27.7 Å². The Bertz CT molecular complexity index is 212. The molecule has 17 heavy (non-hydrogen) atoms. The van der Waals surface area contributed by atoms with E-state index in [1.54, 1.807) is 6.92 Å². The zero-order valence-corrected chi connectivity index (χ0v) is 11.9. The molecular weight excluding hydrogens is 218 g/mol. The van der Waals surface area contributed by atoms with E-state index in [-0.39, 0.29) is 4.92 Å². The molecule has 0 aromatic rings. The predicted octanol–water partition coefficient (Wildman–Crippen LogP) is 1.71. The summed E-state index contributed by atoms with van der Waals surface area (Å²) in [7, 11) is 0. The first-order valence-corrected chi connectivity index (χ1v) is 6.52. The maximum Gasteiger partial charge on any atom is 0.244 e. The first-order chi connectivity index (χ1) is 7.93. The van der Waals surface area contributed by atoms with Crippen molar-refractivity contribution in [1.82, 2.24) is 9.80 Å². The van der Waals surface area contributed by atoms with E-state index in [1.807, 2.05) is 27.7 Å². The Balaban J connectivity index is 4.71. The third kappa shape index (κ3) is 5.00.